The third kappa shape index (κ3) is 10.5. The number of sulfonamides is 1. The number of rotatable bonds is 16. The van der Waals surface area contributed by atoms with Crippen LogP contribution in [0.4, 0.5) is 17.1 Å². The summed E-state index contributed by atoms with van der Waals surface area (Å²) in [6.07, 6.45) is 0.615. The molecule has 0 bridgehead atoms. The van der Waals surface area contributed by atoms with Crippen LogP contribution in [0.25, 0.3) is 11.1 Å². The van der Waals surface area contributed by atoms with E-state index in [1.807, 2.05) is 53.4 Å². The van der Waals surface area contributed by atoms with Gasteiger partial charge in [-0.2, -0.15) is 0 Å². The number of carbonyl (C=O) groups excluding carboxylic acids is 2. The minimum absolute atomic E-state index is 0.0332. The molecule has 2 heterocycles. The molecule has 0 radical (unpaired) electrons. The SMILES string of the molecule is CNC(=O)c1cccc(Oc2c(S(=O)(=O)NC(=O)c3ccccc3)cc(N3CCN(Cc4c(Cl)cccc4-c4ccccc4)CC3)c(NCCCN3CCOCC3)c2[N+](=O)[O-])c1. The van der Waals surface area contributed by atoms with E-state index in [1.165, 1.54) is 49.5 Å². The van der Waals surface area contributed by atoms with Gasteiger partial charge in [0.25, 0.3) is 21.8 Å². The van der Waals surface area contributed by atoms with Crippen molar-refractivity contribution in [2.24, 2.45) is 0 Å². The standard InChI is InChI=1S/C45H48ClN7O8S/c1-47-44(54)34-15-8-16-35(29-34)61-43-40(62(58,59)49-45(55)33-13-6-3-7-14-33)30-39(41(42(43)53(56)57)48-19-10-20-50-25-27-60-28-26-50)52-23-21-51(22-24-52)31-37-36(17-9-18-38(37)46)32-11-4-2-5-12-32/h2-9,11-18,29-30,48H,10,19-28,31H2,1H3,(H,47,54)(H,49,55). The quantitative estimate of drug-likeness (QED) is 0.0548. The summed E-state index contributed by atoms with van der Waals surface area (Å²) < 4.78 is 42.7. The number of piperazine rings is 1. The summed E-state index contributed by atoms with van der Waals surface area (Å²) in [5.74, 6) is -2.04. The molecule has 15 nitrogen and oxygen atoms in total. The highest BCUT2D eigenvalue weighted by molar-refractivity contribution is 7.90. The number of nitrogens with zero attached hydrogens (tertiary/aromatic N) is 4. The fourth-order valence-electron chi connectivity index (χ4n) is 7.62. The van der Waals surface area contributed by atoms with Crippen LogP contribution in [0.1, 0.15) is 32.7 Å². The molecular weight excluding hydrogens is 834 g/mol. The molecule has 0 aromatic heterocycles. The Morgan fingerprint density at radius 2 is 1.50 bits per heavy atom. The Balaban J connectivity index is 1.28. The summed E-state index contributed by atoms with van der Waals surface area (Å²) >= 11 is 6.80. The first kappa shape index (κ1) is 44.0. The van der Waals surface area contributed by atoms with Gasteiger partial charge in [-0.3, -0.25) is 29.5 Å². The molecule has 0 spiro atoms. The molecule has 2 saturated heterocycles. The third-order valence-electron chi connectivity index (χ3n) is 10.8. The van der Waals surface area contributed by atoms with Gasteiger partial charge in [-0.25, -0.2) is 13.1 Å². The van der Waals surface area contributed by atoms with Gasteiger partial charge in [-0.1, -0.05) is 78.3 Å². The monoisotopic (exact) mass is 881 g/mol. The molecule has 62 heavy (non-hydrogen) atoms. The lowest BCUT2D eigenvalue weighted by molar-refractivity contribution is -0.384. The van der Waals surface area contributed by atoms with Crippen LogP contribution in [0.15, 0.2) is 114 Å². The maximum absolute atomic E-state index is 14.5. The molecule has 5 aromatic carbocycles. The van der Waals surface area contributed by atoms with Crippen LogP contribution in [0.2, 0.25) is 5.02 Å². The van der Waals surface area contributed by atoms with Gasteiger partial charge in [0.2, 0.25) is 5.75 Å². The molecule has 7 rings (SSSR count). The molecule has 0 aliphatic carbocycles. The zero-order valence-corrected chi connectivity index (χ0v) is 35.8. The summed E-state index contributed by atoms with van der Waals surface area (Å²) in [7, 11) is -3.40. The van der Waals surface area contributed by atoms with E-state index in [9.17, 15) is 28.1 Å². The first-order valence-corrected chi connectivity index (χ1v) is 22.2. The van der Waals surface area contributed by atoms with Crippen molar-refractivity contribution in [2.75, 3.05) is 82.8 Å². The van der Waals surface area contributed by atoms with Crippen LogP contribution in [-0.4, -0.2) is 108 Å². The topological polar surface area (TPSA) is 176 Å². The Morgan fingerprint density at radius 1 is 0.823 bits per heavy atom. The van der Waals surface area contributed by atoms with Gasteiger partial charge >= 0.3 is 5.69 Å². The van der Waals surface area contributed by atoms with E-state index in [0.29, 0.717) is 70.5 Å². The van der Waals surface area contributed by atoms with Crippen molar-refractivity contribution in [3.05, 3.63) is 141 Å². The summed E-state index contributed by atoms with van der Waals surface area (Å²) in [5.41, 5.74) is 2.94. The van der Waals surface area contributed by atoms with Crippen molar-refractivity contribution in [3.63, 3.8) is 0 Å². The number of amides is 2. The van der Waals surface area contributed by atoms with Gasteiger partial charge in [0.15, 0.2) is 0 Å². The number of anilines is 2. The smallest absolute Gasteiger partial charge is 0.338 e. The highest BCUT2D eigenvalue weighted by Gasteiger charge is 2.37. The second-order valence-electron chi connectivity index (χ2n) is 14.8. The average molecular weight is 882 g/mol. The lowest BCUT2D eigenvalue weighted by Crippen LogP contribution is -2.46. The number of benzene rings is 5. The largest absolute Gasteiger partial charge is 0.449 e. The number of hydrogen-bond donors (Lipinski definition) is 3. The lowest BCUT2D eigenvalue weighted by Gasteiger charge is -2.37. The normalized spacial score (nSPS) is 14.8. The number of morpholine rings is 1. The van der Waals surface area contributed by atoms with E-state index < -0.39 is 43.1 Å². The van der Waals surface area contributed by atoms with Crippen LogP contribution in [0.5, 0.6) is 11.5 Å². The number of nitro benzene ring substituents is 1. The average Bonchev–Trinajstić information content (AvgIpc) is 3.29. The van der Waals surface area contributed by atoms with E-state index >= 15 is 0 Å². The zero-order valence-electron chi connectivity index (χ0n) is 34.2. The van der Waals surface area contributed by atoms with Gasteiger partial charge in [0.05, 0.1) is 23.8 Å². The zero-order chi connectivity index (χ0) is 43.6. The maximum Gasteiger partial charge on any atom is 0.338 e. The Kier molecular flexibility index (Phi) is 14.4. The molecule has 5 aromatic rings. The van der Waals surface area contributed by atoms with Gasteiger partial charge in [0, 0.05) is 75.6 Å². The Hall–Kier alpha value is -6.04. The molecule has 2 fully saturated rings. The fraction of sp³-hybridized carbons (Fsp3) is 0.289. The van der Waals surface area contributed by atoms with E-state index in [0.717, 1.165) is 29.8 Å². The summed E-state index contributed by atoms with van der Waals surface area (Å²) in [4.78, 5) is 44.5. The highest BCUT2D eigenvalue weighted by atomic mass is 35.5. The number of ether oxygens (including phenoxy) is 2. The number of halogens is 1. The molecule has 17 heteroatoms. The summed E-state index contributed by atoms with van der Waals surface area (Å²) in [6.45, 7) is 6.11. The number of nitrogens with one attached hydrogen (secondary N) is 3. The molecule has 324 valence electrons. The molecule has 3 N–H and O–H groups in total. The predicted octanol–water partition coefficient (Wildman–Crippen LogP) is 6.64. The summed E-state index contributed by atoms with van der Waals surface area (Å²) in [6, 6.07) is 30.8. The maximum atomic E-state index is 14.5. The molecule has 0 atom stereocenters. The number of carbonyl (C=O) groups is 2. The molecule has 0 saturated carbocycles. The molecule has 2 aliphatic heterocycles. The van der Waals surface area contributed by atoms with Crippen molar-refractivity contribution < 1.29 is 32.4 Å². The number of hydrogen-bond acceptors (Lipinski definition) is 12. The minimum Gasteiger partial charge on any atom is -0.449 e. The molecular formula is C45H48ClN7O8S. The second-order valence-corrected chi connectivity index (χ2v) is 16.9. The first-order chi connectivity index (χ1) is 30.0. The van der Waals surface area contributed by atoms with Gasteiger partial charge < -0.3 is 25.0 Å². The lowest BCUT2D eigenvalue weighted by atomic mass is 9.99. The van der Waals surface area contributed by atoms with Crippen molar-refractivity contribution in [2.45, 2.75) is 17.9 Å². The van der Waals surface area contributed by atoms with Crippen LogP contribution in [-0.2, 0) is 21.3 Å². The minimum atomic E-state index is -4.86. The molecule has 2 amide bonds. The van der Waals surface area contributed by atoms with Crippen molar-refractivity contribution in [1.29, 1.82) is 0 Å². The predicted molar refractivity (Wildman–Crippen MR) is 239 cm³/mol. The van der Waals surface area contributed by atoms with Crippen LogP contribution in [0.3, 0.4) is 0 Å². The van der Waals surface area contributed by atoms with Crippen molar-refractivity contribution in [1.82, 2.24) is 19.8 Å². The van der Waals surface area contributed by atoms with Gasteiger partial charge in [0.1, 0.15) is 16.3 Å². The number of nitro groups is 1. The van der Waals surface area contributed by atoms with Gasteiger partial charge in [-0.05, 0) is 72.1 Å². The Labute approximate surface area is 365 Å². The Bertz CT molecular complexity index is 2500. The third-order valence-corrected chi connectivity index (χ3v) is 12.5. The van der Waals surface area contributed by atoms with Crippen LogP contribution >= 0.6 is 11.6 Å². The fourth-order valence-corrected chi connectivity index (χ4v) is 8.97. The van der Waals surface area contributed by atoms with E-state index in [2.05, 4.69) is 25.2 Å². The second kappa shape index (κ2) is 20.2. The highest BCUT2D eigenvalue weighted by Crippen LogP contribution is 2.48. The van der Waals surface area contributed by atoms with E-state index in [4.69, 9.17) is 21.1 Å². The first-order valence-electron chi connectivity index (χ1n) is 20.3. The van der Waals surface area contributed by atoms with Crippen molar-refractivity contribution in [3.8, 4) is 22.6 Å². The van der Waals surface area contributed by atoms with E-state index in [-0.39, 0.29) is 28.3 Å². The van der Waals surface area contributed by atoms with Gasteiger partial charge in [-0.15, -0.1) is 0 Å². The van der Waals surface area contributed by atoms with Crippen LogP contribution < -0.4 is 25.0 Å². The Morgan fingerprint density at radius 3 is 2.19 bits per heavy atom. The molecule has 0 unspecified atom stereocenters. The van der Waals surface area contributed by atoms with Crippen molar-refractivity contribution >= 4 is 50.5 Å². The van der Waals surface area contributed by atoms with Crippen LogP contribution in [0, 0.1) is 10.1 Å². The molecule has 2 aliphatic rings. The summed E-state index contributed by atoms with van der Waals surface area (Å²) in [5, 5.41) is 19.9. The van der Waals surface area contributed by atoms with E-state index in [1.54, 1.807) is 18.2 Å².